The van der Waals surface area contributed by atoms with E-state index in [1.54, 1.807) is 11.8 Å². The molecule has 4 nitrogen and oxygen atoms in total. The van der Waals surface area contributed by atoms with E-state index in [-0.39, 0.29) is 23.1 Å². The van der Waals surface area contributed by atoms with E-state index in [4.69, 9.17) is 0 Å². The molecule has 1 fully saturated rings. The molecule has 0 aromatic heterocycles. The van der Waals surface area contributed by atoms with Crippen molar-refractivity contribution in [1.29, 1.82) is 0 Å². The van der Waals surface area contributed by atoms with E-state index >= 15 is 0 Å². The molecule has 2 aromatic rings. The molecule has 0 N–H and O–H groups in total. The first-order valence-electron chi connectivity index (χ1n) is 10.6. The van der Waals surface area contributed by atoms with Crippen LogP contribution in [0.1, 0.15) is 42.1 Å². The quantitative estimate of drug-likeness (QED) is 0.743. The molecule has 1 atom stereocenters. The molecule has 0 saturated carbocycles. The zero-order chi connectivity index (χ0) is 20.2. The van der Waals surface area contributed by atoms with E-state index in [1.165, 1.54) is 10.5 Å². The number of hydrogen-bond acceptors (Lipinski definition) is 3. The van der Waals surface area contributed by atoms with E-state index in [0.29, 0.717) is 13.1 Å². The van der Waals surface area contributed by atoms with Crippen LogP contribution in [0.2, 0.25) is 0 Å². The lowest BCUT2D eigenvalue weighted by Gasteiger charge is -2.39. The third-order valence-corrected chi connectivity index (χ3v) is 7.19. The van der Waals surface area contributed by atoms with Gasteiger partial charge < -0.3 is 9.80 Å². The van der Waals surface area contributed by atoms with Crippen LogP contribution in [0.15, 0.2) is 59.5 Å². The summed E-state index contributed by atoms with van der Waals surface area (Å²) in [4.78, 5) is 31.4. The second-order valence-electron chi connectivity index (χ2n) is 7.84. The van der Waals surface area contributed by atoms with Gasteiger partial charge in [-0.15, -0.1) is 11.8 Å². The maximum atomic E-state index is 13.4. The lowest BCUT2D eigenvalue weighted by molar-refractivity contribution is -0.133. The van der Waals surface area contributed by atoms with Crippen molar-refractivity contribution in [2.45, 2.75) is 48.8 Å². The lowest BCUT2D eigenvalue weighted by Crippen LogP contribution is -2.51. The van der Waals surface area contributed by atoms with E-state index in [9.17, 15) is 9.59 Å². The number of amides is 2. The van der Waals surface area contributed by atoms with Crippen LogP contribution in [-0.2, 0) is 11.2 Å². The molecule has 152 valence electrons. The first kappa shape index (κ1) is 20.0. The molecule has 2 amide bonds. The summed E-state index contributed by atoms with van der Waals surface area (Å²) in [5.74, 6) is 0.361. The Kier molecular flexibility index (Phi) is 6.24. The summed E-state index contributed by atoms with van der Waals surface area (Å²) in [6.07, 6.45) is 3.49. The highest BCUT2D eigenvalue weighted by Gasteiger charge is 2.35. The average Bonchev–Trinajstić information content (AvgIpc) is 3.22. The van der Waals surface area contributed by atoms with Crippen LogP contribution in [0.25, 0.3) is 0 Å². The SMILES string of the molecule is CCCN(C(=O)C1Cc2ccccc2S1)C1CCN(C(=O)c2ccccc2)CC1. The highest BCUT2D eigenvalue weighted by molar-refractivity contribution is 8.01. The van der Waals surface area contributed by atoms with E-state index < -0.39 is 0 Å². The molecule has 1 saturated heterocycles. The van der Waals surface area contributed by atoms with Gasteiger partial charge in [0.05, 0.1) is 5.25 Å². The molecule has 2 heterocycles. The van der Waals surface area contributed by atoms with Crippen LogP contribution in [-0.4, -0.2) is 52.5 Å². The predicted molar refractivity (Wildman–Crippen MR) is 117 cm³/mol. The number of benzene rings is 2. The first-order valence-corrected chi connectivity index (χ1v) is 11.4. The maximum Gasteiger partial charge on any atom is 0.253 e. The minimum Gasteiger partial charge on any atom is -0.339 e. The Balaban J connectivity index is 1.39. The summed E-state index contributed by atoms with van der Waals surface area (Å²) in [5, 5.41) is -0.0112. The van der Waals surface area contributed by atoms with Gasteiger partial charge in [0.25, 0.3) is 5.91 Å². The van der Waals surface area contributed by atoms with Crippen LogP contribution < -0.4 is 0 Å². The van der Waals surface area contributed by atoms with Gasteiger partial charge in [-0.1, -0.05) is 43.3 Å². The molecule has 0 spiro atoms. The number of thioether (sulfide) groups is 1. The Morgan fingerprint density at radius 2 is 1.72 bits per heavy atom. The van der Waals surface area contributed by atoms with E-state index in [0.717, 1.165) is 37.8 Å². The Morgan fingerprint density at radius 3 is 2.41 bits per heavy atom. The Hall–Kier alpha value is -2.27. The lowest BCUT2D eigenvalue weighted by atomic mass is 10.0. The summed E-state index contributed by atoms with van der Waals surface area (Å²) >= 11 is 1.71. The number of fused-ring (bicyclic) bond motifs is 1. The molecule has 29 heavy (non-hydrogen) atoms. The molecule has 2 aliphatic heterocycles. The minimum atomic E-state index is -0.0112. The van der Waals surface area contributed by atoms with Crippen molar-refractivity contribution in [2.24, 2.45) is 0 Å². The van der Waals surface area contributed by atoms with Crippen LogP contribution in [0, 0.1) is 0 Å². The Bertz CT molecular complexity index is 837. The van der Waals surface area contributed by atoms with Crippen molar-refractivity contribution in [3.63, 3.8) is 0 Å². The molecule has 0 bridgehead atoms. The summed E-state index contributed by atoms with van der Waals surface area (Å²) in [6, 6.07) is 18.0. The molecule has 0 aliphatic carbocycles. The summed E-state index contributed by atoms with van der Waals surface area (Å²) in [6.45, 7) is 4.35. The number of rotatable bonds is 5. The zero-order valence-corrected chi connectivity index (χ0v) is 17.7. The second-order valence-corrected chi connectivity index (χ2v) is 9.08. The van der Waals surface area contributed by atoms with Gasteiger partial charge in [0.1, 0.15) is 0 Å². The number of nitrogens with zero attached hydrogens (tertiary/aromatic N) is 2. The molecule has 5 heteroatoms. The van der Waals surface area contributed by atoms with E-state index in [1.807, 2.05) is 41.3 Å². The fourth-order valence-electron chi connectivity index (χ4n) is 4.36. The van der Waals surface area contributed by atoms with E-state index in [2.05, 4.69) is 30.0 Å². The highest BCUT2D eigenvalue weighted by Crippen LogP contribution is 2.38. The molecular formula is C24H28N2O2S. The number of hydrogen-bond donors (Lipinski definition) is 0. The van der Waals surface area contributed by atoms with Gasteiger partial charge in [0.2, 0.25) is 5.91 Å². The zero-order valence-electron chi connectivity index (χ0n) is 16.9. The maximum absolute atomic E-state index is 13.4. The summed E-state index contributed by atoms with van der Waals surface area (Å²) < 4.78 is 0. The van der Waals surface area contributed by atoms with Crippen LogP contribution in [0.5, 0.6) is 0 Å². The number of piperidine rings is 1. The van der Waals surface area contributed by atoms with Crippen molar-refractivity contribution in [3.05, 3.63) is 65.7 Å². The van der Waals surface area contributed by atoms with Gasteiger partial charge in [-0.05, 0) is 49.4 Å². The summed E-state index contributed by atoms with van der Waals surface area (Å²) in [5.41, 5.74) is 2.03. The Morgan fingerprint density at radius 1 is 1.03 bits per heavy atom. The topological polar surface area (TPSA) is 40.6 Å². The fraction of sp³-hybridized carbons (Fsp3) is 0.417. The normalized spacial score (nSPS) is 19.1. The largest absolute Gasteiger partial charge is 0.339 e. The van der Waals surface area contributed by atoms with Crippen LogP contribution >= 0.6 is 11.8 Å². The van der Waals surface area contributed by atoms with Crippen molar-refractivity contribution < 1.29 is 9.59 Å². The first-order chi connectivity index (χ1) is 14.2. The second kappa shape index (κ2) is 9.04. The number of carbonyl (C=O) groups is 2. The van der Waals surface area contributed by atoms with Crippen molar-refractivity contribution >= 4 is 23.6 Å². The van der Waals surface area contributed by atoms with Crippen molar-refractivity contribution in [2.75, 3.05) is 19.6 Å². The summed E-state index contributed by atoms with van der Waals surface area (Å²) in [7, 11) is 0. The molecule has 2 aliphatic rings. The monoisotopic (exact) mass is 408 g/mol. The number of carbonyl (C=O) groups excluding carboxylic acids is 2. The molecule has 0 radical (unpaired) electrons. The molecule has 2 aromatic carbocycles. The Labute approximate surface area is 177 Å². The van der Waals surface area contributed by atoms with Crippen LogP contribution in [0.3, 0.4) is 0 Å². The van der Waals surface area contributed by atoms with Gasteiger partial charge in [-0.2, -0.15) is 0 Å². The van der Waals surface area contributed by atoms with Crippen LogP contribution in [0.4, 0.5) is 0 Å². The molecule has 1 unspecified atom stereocenters. The standard InChI is InChI=1S/C24H28N2O2S/c1-2-14-26(24(28)22-17-19-10-6-7-11-21(19)29-22)20-12-15-25(16-13-20)23(27)18-8-4-3-5-9-18/h3-11,20,22H,2,12-17H2,1H3. The van der Waals surface area contributed by atoms with Gasteiger partial charge in [0.15, 0.2) is 0 Å². The van der Waals surface area contributed by atoms with Gasteiger partial charge in [0, 0.05) is 36.1 Å². The minimum absolute atomic E-state index is 0.0112. The van der Waals surface area contributed by atoms with Gasteiger partial charge >= 0.3 is 0 Å². The molecule has 4 rings (SSSR count). The number of likely N-dealkylation sites (tertiary alicyclic amines) is 1. The van der Waals surface area contributed by atoms with Gasteiger partial charge in [-0.3, -0.25) is 9.59 Å². The average molecular weight is 409 g/mol. The smallest absolute Gasteiger partial charge is 0.253 e. The fourth-order valence-corrected chi connectivity index (χ4v) is 5.63. The van der Waals surface area contributed by atoms with Gasteiger partial charge in [-0.25, -0.2) is 0 Å². The molecular weight excluding hydrogens is 380 g/mol. The third-order valence-electron chi connectivity index (χ3n) is 5.88. The van der Waals surface area contributed by atoms with Crippen molar-refractivity contribution in [1.82, 2.24) is 9.80 Å². The van der Waals surface area contributed by atoms with Crippen molar-refractivity contribution in [3.8, 4) is 0 Å². The third kappa shape index (κ3) is 4.35. The predicted octanol–water partition coefficient (Wildman–Crippen LogP) is 4.25. The highest BCUT2D eigenvalue weighted by atomic mass is 32.2.